The molecule has 0 radical (unpaired) electrons. The molecular formula is C14H10BrF3. The van der Waals surface area contributed by atoms with Crippen LogP contribution in [0, 0.1) is 6.92 Å². The van der Waals surface area contributed by atoms with E-state index < -0.39 is 11.7 Å². The first-order valence-electron chi connectivity index (χ1n) is 5.32. The first-order valence-corrected chi connectivity index (χ1v) is 6.11. The van der Waals surface area contributed by atoms with Crippen LogP contribution in [0.25, 0.3) is 11.1 Å². The molecule has 0 aromatic heterocycles. The molecule has 0 aliphatic rings. The summed E-state index contributed by atoms with van der Waals surface area (Å²) in [6.45, 7) is 1.88. The van der Waals surface area contributed by atoms with Crippen molar-refractivity contribution in [1.82, 2.24) is 0 Å². The minimum Gasteiger partial charge on any atom is -0.166 e. The lowest BCUT2D eigenvalue weighted by molar-refractivity contribution is -0.137. The van der Waals surface area contributed by atoms with E-state index >= 15 is 0 Å². The van der Waals surface area contributed by atoms with Crippen molar-refractivity contribution in [1.29, 1.82) is 0 Å². The van der Waals surface area contributed by atoms with Crippen LogP contribution < -0.4 is 0 Å². The molecule has 0 aliphatic carbocycles. The maximum Gasteiger partial charge on any atom is 0.416 e. The van der Waals surface area contributed by atoms with E-state index in [1.54, 1.807) is 6.07 Å². The summed E-state index contributed by atoms with van der Waals surface area (Å²) >= 11 is 3.34. The van der Waals surface area contributed by atoms with Crippen molar-refractivity contribution in [3.05, 3.63) is 58.1 Å². The highest BCUT2D eigenvalue weighted by Crippen LogP contribution is 2.33. The summed E-state index contributed by atoms with van der Waals surface area (Å²) in [6.07, 6.45) is -4.31. The molecule has 0 atom stereocenters. The molecule has 94 valence electrons. The molecule has 0 spiro atoms. The van der Waals surface area contributed by atoms with E-state index in [0.29, 0.717) is 5.56 Å². The van der Waals surface area contributed by atoms with Crippen molar-refractivity contribution in [2.24, 2.45) is 0 Å². The molecule has 0 bridgehead atoms. The maximum atomic E-state index is 12.6. The Balaban J connectivity index is 2.51. The molecule has 0 saturated carbocycles. The number of benzene rings is 2. The smallest absolute Gasteiger partial charge is 0.166 e. The van der Waals surface area contributed by atoms with Crippen molar-refractivity contribution in [2.45, 2.75) is 13.1 Å². The van der Waals surface area contributed by atoms with E-state index in [2.05, 4.69) is 15.9 Å². The number of halogens is 4. The van der Waals surface area contributed by atoms with Crippen molar-refractivity contribution in [3.8, 4) is 11.1 Å². The van der Waals surface area contributed by atoms with Crippen LogP contribution in [0.15, 0.2) is 46.9 Å². The van der Waals surface area contributed by atoms with Crippen molar-refractivity contribution >= 4 is 15.9 Å². The Kier molecular flexibility index (Phi) is 3.48. The maximum absolute atomic E-state index is 12.6. The second-order valence-electron chi connectivity index (χ2n) is 4.04. The van der Waals surface area contributed by atoms with Crippen LogP contribution in [0.5, 0.6) is 0 Å². The van der Waals surface area contributed by atoms with Crippen LogP contribution in [0.3, 0.4) is 0 Å². The van der Waals surface area contributed by atoms with Gasteiger partial charge in [-0.3, -0.25) is 0 Å². The van der Waals surface area contributed by atoms with E-state index in [0.717, 1.165) is 21.7 Å². The standard InChI is InChI=1S/C14H10BrF3/c1-9-7-12(15)5-6-13(9)10-3-2-4-11(8-10)14(16,17)18/h2-8H,1H3. The second kappa shape index (κ2) is 4.76. The van der Waals surface area contributed by atoms with Gasteiger partial charge in [-0.05, 0) is 47.9 Å². The predicted molar refractivity (Wildman–Crippen MR) is 69.3 cm³/mol. The lowest BCUT2D eigenvalue weighted by Gasteiger charge is -2.10. The number of hydrogen-bond donors (Lipinski definition) is 0. The minimum atomic E-state index is -4.31. The van der Waals surface area contributed by atoms with E-state index in [1.807, 2.05) is 25.1 Å². The quantitative estimate of drug-likeness (QED) is 0.657. The molecule has 0 aliphatic heterocycles. The van der Waals surface area contributed by atoms with Gasteiger partial charge in [0.2, 0.25) is 0 Å². The molecule has 0 unspecified atom stereocenters. The Labute approximate surface area is 112 Å². The molecule has 2 rings (SSSR count). The zero-order chi connectivity index (χ0) is 13.3. The zero-order valence-electron chi connectivity index (χ0n) is 9.55. The molecule has 2 aromatic rings. The minimum absolute atomic E-state index is 0.579. The first-order chi connectivity index (χ1) is 8.38. The summed E-state index contributed by atoms with van der Waals surface area (Å²) in [5, 5.41) is 0. The number of rotatable bonds is 1. The third-order valence-corrected chi connectivity index (χ3v) is 3.18. The Morgan fingerprint density at radius 1 is 1.00 bits per heavy atom. The summed E-state index contributed by atoms with van der Waals surface area (Å²) < 4.78 is 38.8. The van der Waals surface area contributed by atoms with Crippen LogP contribution in [0.2, 0.25) is 0 Å². The van der Waals surface area contributed by atoms with E-state index in [-0.39, 0.29) is 0 Å². The Morgan fingerprint density at radius 2 is 1.72 bits per heavy atom. The summed E-state index contributed by atoms with van der Waals surface area (Å²) in [6, 6.07) is 10.9. The average molecular weight is 315 g/mol. The Morgan fingerprint density at radius 3 is 2.33 bits per heavy atom. The average Bonchev–Trinajstić information content (AvgIpc) is 2.28. The van der Waals surface area contributed by atoms with Crippen LogP contribution in [-0.2, 0) is 6.18 Å². The second-order valence-corrected chi connectivity index (χ2v) is 4.95. The molecule has 4 heteroatoms. The highest BCUT2D eigenvalue weighted by atomic mass is 79.9. The monoisotopic (exact) mass is 314 g/mol. The number of aryl methyl sites for hydroxylation is 1. The summed E-state index contributed by atoms with van der Waals surface area (Å²) in [5.41, 5.74) is 1.70. The lowest BCUT2D eigenvalue weighted by atomic mass is 9.99. The largest absolute Gasteiger partial charge is 0.416 e. The summed E-state index contributed by atoms with van der Waals surface area (Å²) in [4.78, 5) is 0. The van der Waals surface area contributed by atoms with Crippen LogP contribution in [0.4, 0.5) is 13.2 Å². The van der Waals surface area contributed by atoms with Crippen molar-refractivity contribution in [3.63, 3.8) is 0 Å². The SMILES string of the molecule is Cc1cc(Br)ccc1-c1cccc(C(F)(F)F)c1. The van der Waals surface area contributed by atoms with Gasteiger partial charge in [0.05, 0.1) is 5.56 Å². The predicted octanol–water partition coefficient (Wildman–Crippen LogP) is 5.44. The van der Waals surface area contributed by atoms with Crippen molar-refractivity contribution in [2.75, 3.05) is 0 Å². The molecule has 0 saturated heterocycles. The molecule has 0 fully saturated rings. The Hall–Kier alpha value is -1.29. The summed E-state index contributed by atoms with van der Waals surface area (Å²) in [7, 11) is 0. The van der Waals surface area contributed by atoms with Gasteiger partial charge in [0.15, 0.2) is 0 Å². The molecule has 0 heterocycles. The van der Waals surface area contributed by atoms with Crippen LogP contribution >= 0.6 is 15.9 Å². The fourth-order valence-corrected chi connectivity index (χ4v) is 2.29. The molecule has 0 nitrogen and oxygen atoms in total. The van der Waals surface area contributed by atoms with Gasteiger partial charge in [-0.2, -0.15) is 13.2 Å². The van der Waals surface area contributed by atoms with E-state index in [9.17, 15) is 13.2 Å². The van der Waals surface area contributed by atoms with Gasteiger partial charge >= 0.3 is 6.18 Å². The van der Waals surface area contributed by atoms with Gasteiger partial charge in [-0.1, -0.05) is 34.1 Å². The van der Waals surface area contributed by atoms with Gasteiger partial charge in [-0.25, -0.2) is 0 Å². The molecule has 0 N–H and O–H groups in total. The highest BCUT2D eigenvalue weighted by molar-refractivity contribution is 9.10. The first kappa shape index (κ1) is 13.1. The molecular weight excluding hydrogens is 305 g/mol. The normalized spacial score (nSPS) is 11.6. The molecule has 0 amide bonds. The van der Waals surface area contributed by atoms with Crippen molar-refractivity contribution < 1.29 is 13.2 Å². The fourth-order valence-electron chi connectivity index (χ4n) is 1.81. The lowest BCUT2D eigenvalue weighted by Crippen LogP contribution is -2.04. The highest BCUT2D eigenvalue weighted by Gasteiger charge is 2.30. The van der Waals surface area contributed by atoms with Gasteiger partial charge in [0.25, 0.3) is 0 Å². The number of alkyl halides is 3. The fraction of sp³-hybridized carbons (Fsp3) is 0.143. The topological polar surface area (TPSA) is 0 Å². The van der Waals surface area contributed by atoms with Gasteiger partial charge in [-0.15, -0.1) is 0 Å². The van der Waals surface area contributed by atoms with E-state index in [4.69, 9.17) is 0 Å². The third kappa shape index (κ3) is 2.75. The van der Waals surface area contributed by atoms with E-state index in [1.165, 1.54) is 12.1 Å². The van der Waals surface area contributed by atoms with Gasteiger partial charge < -0.3 is 0 Å². The van der Waals surface area contributed by atoms with Crippen LogP contribution in [0.1, 0.15) is 11.1 Å². The molecule has 18 heavy (non-hydrogen) atoms. The van der Waals surface area contributed by atoms with Crippen LogP contribution in [-0.4, -0.2) is 0 Å². The summed E-state index contributed by atoms with van der Waals surface area (Å²) in [5.74, 6) is 0. The van der Waals surface area contributed by atoms with Gasteiger partial charge in [0, 0.05) is 4.47 Å². The van der Waals surface area contributed by atoms with Gasteiger partial charge in [0.1, 0.15) is 0 Å². The third-order valence-electron chi connectivity index (χ3n) is 2.69. The Bertz CT molecular complexity index is 573. The number of hydrogen-bond acceptors (Lipinski definition) is 0. The zero-order valence-corrected chi connectivity index (χ0v) is 11.1. The molecule has 2 aromatic carbocycles.